The molecule has 1 aromatic rings. The Bertz CT molecular complexity index is 770. The second-order valence-corrected chi connectivity index (χ2v) is 8.96. The molecule has 0 radical (unpaired) electrons. The van der Waals surface area contributed by atoms with E-state index in [1.54, 1.807) is 6.20 Å². The van der Waals surface area contributed by atoms with Crippen LogP contribution in [0.2, 0.25) is 0 Å². The quantitative estimate of drug-likeness (QED) is 0.389. The average Bonchev–Trinajstić information content (AvgIpc) is 2.77. The van der Waals surface area contributed by atoms with Crippen molar-refractivity contribution in [1.29, 1.82) is 5.26 Å². The first-order valence-corrected chi connectivity index (χ1v) is 12.5. The van der Waals surface area contributed by atoms with E-state index in [9.17, 15) is 10.1 Å². The van der Waals surface area contributed by atoms with E-state index < -0.39 is 0 Å². The molecule has 1 amide bonds. The lowest BCUT2D eigenvalue weighted by Crippen LogP contribution is -2.36. The number of hydrogen-bond donors (Lipinski definition) is 2. The fourth-order valence-electron chi connectivity index (χ4n) is 4.31. The zero-order chi connectivity index (χ0) is 23.2. The Morgan fingerprint density at radius 1 is 1.12 bits per heavy atom. The van der Waals surface area contributed by atoms with Crippen molar-refractivity contribution >= 4 is 5.91 Å². The van der Waals surface area contributed by atoms with E-state index in [4.69, 9.17) is 4.74 Å². The second kappa shape index (κ2) is 14.6. The van der Waals surface area contributed by atoms with E-state index in [-0.39, 0.29) is 23.6 Å². The highest BCUT2D eigenvalue weighted by molar-refractivity contribution is 5.97. The van der Waals surface area contributed by atoms with Crippen molar-refractivity contribution in [3.8, 4) is 11.8 Å². The SMILES string of the molecule is CCOc1ccc(C)cc1C(C)N/C=C(/C#N)C(=O)NC1CCCCCCCCCCC1. The summed E-state index contributed by atoms with van der Waals surface area (Å²) in [5.41, 5.74) is 2.27. The Kier molecular flexibility index (Phi) is 11.7. The summed E-state index contributed by atoms with van der Waals surface area (Å²) in [6.45, 7) is 6.60. The smallest absolute Gasteiger partial charge is 0.263 e. The summed E-state index contributed by atoms with van der Waals surface area (Å²) in [5, 5.41) is 16.0. The molecule has 1 aliphatic rings. The van der Waals surface area contributed by atoms with Crippen LogP contribution in [-0.2, 0) is 4.79 Å². The topological polar surface area (TPSA) is 74.1 Å². The van der Waals surface area contributed by atoms with Crippen molar-refractivity contribution < 1.29 is 9.53 Å². The van der Waals surface area contributed by atoms with Crippen LogP contribution in [0.1, 0.15) is 102 Å². The number of nitrogens with zero attached hydrogens (tertiary/aromatic N) is 1. The number of hydrogen-bond acceptors (Lipinski definition) is 4. The molecular formula is C27H41N3O2. The Morgan fingerprint density at radius 3 is 2.28 bits per heavy atom. The summed E-state index contributed by atoms with van der Waals surface area (Å²) >= 11 is 0. The van der Waals surface area contributed by atoms with Gasteiger partial charge in [0.1, 0.15) is 17.4 Å². The van der Waals surface area contributed by atoms with Gasteiger partial charge in [0, 0.05) is 17.8 Å². The lowest BCUT2D eigenvalue weighted by molar-refractivity contribution is -0.117. The van der Waals surface area contributed by atoms with Gasteiger partial charge in [0.2, 0.25) is 0 Å². The minimum atomic E-state index is -0.279. The number of aryl methyl sites for hydroxylation is 1. The Morgan fingerprint density at radius 2 is 1.72 bits per heavy atom. The summed E-state index contributed by atoms with van der Waals surface area (Å²) in [5.74, 6) is 0.543. The zero-order valence-corrected chi connectivity index (χ0v) is 20.2. The van der Waals surface area contributed by atoms with Crippen molar-refractivity contribution in [1.82, 2.24) is 10.6 Å². The number of nitrogens with one attached hydrogen (secondary N) is 2. The maximum Gasteiger partial charge on any atom is 0.263 e. The second-order valence-electron chi connectivity index (χ2n) is 8.96. The fraction of sp³-hybridized carbons (Fsp3) is 0.630. The third-order valence-electron chi connectivity index (χ3n) is 6.21. The number of ether oxygens (including phenoxy) is 1. The molecule has 2 N–H and O–H groups in total. The molecule has 1 saturated carbocycles. The molecule has 32 heavy (non-hydrogen) atoms. The summed E-state index contributed by atoms with van der Waals surface area (Å²) in [7, 11) is 0. The summed E-state index contributed by atoms with van der Waals surface area (Å²) < 4.78 is 5.75. The van der Waals surface area contributed by atoms with Gasteiger partial charge >= 0.3 is 0 Å². The molecule has 5 heteroatoms. The van der Waals surface area contributed by atoms with E-state index in [0.29, 0.717) is 6.61 Å². The standard InChI is InChI=1S/C27H41N3O2/c1-4-32-26-17-16-21(2)18-25(26)22(3)29-20-23(19-28)27(31)30-24-14-12-10-8-6-5-7-9-11-13-15-24/h16-18,20,22,24,29H,4-15H2,1-3H3,(H,30,31)/b23-20-. The number of rotatable bonds is 7. The highest BCUT2D eigenvalue weighted by Gasteiger charge is 2.17. The minimum Gasteiger partial charge on any atom is -0.494 e. The van der Waals surface area contributed by atoms with Gasteiger partial charge in [-0.25, -0.2) is 0 Å². The van der Waals surface area contributed by atoms with Gasteiger partial charge in [-0.15, -0.1) is 0 Å². The third-order valence-corrected chi connectivity index (χ3v) is 6.21. The fourth-order valence-corrected chi connectivity index (χ4v) is 4.31. The molecule has 5 nitrogen and oxygen atoms in total. The van der Waals surface area contributed by atoms with Crippen LogP contribution in [0.25, 0.3) is 0 Å². The molecule has 0 bridgehead atoms. The number of carbonyl (C=O) groups excluding carboxylic acids is 1. The molecule has 176 valence electrons. The van der Waals surface area contributed by atoms with Gasteiger partial charge in [0.05, 0.1) is 12.6 Å². The largest absolute Gasteiger partial charge is 0.494 e. The molecule has 0 aromatic heterocycles. The maximum atomic E-state index is 12.8. The predicted molar refractivity (Wildman–Crippen MR) is 130 cm³/mol. The van der Waals surface area contributed by atoms with E-state index in [1.165, 1.54) is 44.9 Å². The van der Waals surface area contributed by atoms with Gasteiger partial charge in [0.15, 0.2) is 0 Å². The van der Waals surface area contributed by atoms with Crippen LogP contribution < -0.4 is 15.4 Å². The van der Waals surface area contributed by atoms with Crippen LogP contribution in [0.15, 0.2) is 30.0 Å². The van der Waals surface area contributed by atoms with Gasteiger partial charge in [-0.2, -0.15) is 5.26 Å². The molecule has 0 spiro atoms. The van der Waals surface area contributed by atoms with Crippen molar-refractivity contribution in [2.24, 2.45) is 0 Å². The summed E-state index contributed by atoms with van der Waals surface area (Å²) in [6.07, 6.45) is 14.9. The minimum absolute atomic E-state index is 0.0889. The molecule has 1 atom stereocenters. The van der Waals surface area contributed by atoms with Gasteiger partial charge in [-0.1, -0.05) is 75.5 Å². The van der Waals surface area contributed by atoms with Gasteiger partial charge in [-0.05, 0) is 39.7 Å². The highest BCUT2D eigenvalue weighted by Crippen LogP contribution is 2.26. The molecule has 0 aliphatic heterocycles. The Labute approximate surface area is 194 Å². The normalized spacial score (nSPS) is 17.9. The van der Waals surface area contributed by atoms with Crippen molar-refractivity contribution in [2.45, 2.75) is 103 Å². The lowest BCUT2D eigenvalue weighted by atomic mass is 9.97. The van der Waals surface area contributed by atoms with E-state index in [2.05, 4.69) is 22.8 Å². The van der Waals surface area contributed by atoms with Gasteiger partial charge < -0.3 is 15.4 Å². The van der Waals surface area contributed by atoms with Crippen LogP contribution in [0.3, 0.4) is 0 Å². The van der Waals surface area contributed by atoms with Crippen molar-refractivity contribution in [2.75, 3.05) is 6.61 Å². The molecule has 2 rings (SSSR count). The zero-order valence-electron chi connectivity index (χ0n) is 20.2. The summed E-state index contributed by atoms with van der Waals surface area (Å²) in [6, 6.07) is 8.20. The van der Waals surface area contributed by atoms with Crippen LogP contribution in [0.5, 0.6) is 5.75 Å². The molecular weight excluding hydrogens is 398 g/mol. The predicted octanol–water partition coefficient (Wildman–Crippen LogP) is 6.24. The molecule has 1 aliphatic carbocycles. The number of amides is 1. The van der Waals surface area contributed by atoms with Crippen molar-refractivity contribution in [3.05, 3.63) is 41.1 Å². The van der Waals surface area contributed by atoms with Crippen LogP contribution in [0, 0.1) is 18.3 Å². The molecule has 0 heterocycles. The first-order valence-electron chi connectivity index (χ1n) is 12.5. The van der Waals surface area contributed by atoms with Crippen molar-refractivity contribution in [3.63, 3.8) is 0 Å². The van der Waals surface area contributed by atoms with E-state index >= 15 is 0 Å². The maximum absolute atomic E-state index is 12.8. The summed E-state index contributed by atoms with van der Waals surface area (Å²) in [4.78, 5) is 12.8. The number of carbonyl (C=O) groups is 1. The van der Waals surface area contributed by atoms with Crippen LogP contribution in [-0.4, -0.2) is 18.6 Å². The average molecular weight is 440 g/mol. The molecule has 1 fully saturated rings. The van der Waals surface area contributed by atoms with Crippen LogP contribution in [0.4, 0.5) is 0 Å². The Hall–Kier alpha value is -2.48. The number of nitriles is 1. The van der Waals surface area contributed by atoms with Gasteiger partial charge in [-0.3, -0.25) is 4.79 Å². The monoisotopic (exact) mass is 439 g/mol. The molecule has 1 aromatic carbocycles. The lowest BCUT2D eigenvalue weighted by Gasteiger charge is -2.20. The van der Waals surface area contributed by atoms with E-state index in [1.807, 2.05) is 32.9 Å². The first-order chi connectivity index (χ1) is 15.5. The molecule has 1 unspecified atom stereocenters. The van der Waals surface area contributed by atoms with E-state index in [0.717, 1.165) is 42.6 Å². The first kappa shape index (κ1) is 25.8. The molecule has 0 saturated heterocycles. The third kappa shape index (κ3) is 8.94. The Balaban J connectivity index is 1.99. The van der Waals surface area contributed by atoms with Gasteiger partial charge in [0.25, 0.3) is 5.91 Å². The number of benzene rings is 1. The van der Waals surface area contributed by atoms with Crippen LogP contribution >= 0.6 is 0 Å². The highest BCUT2D eigenvalue weighted by atomic mass is 16.5.